The van der Waals surface area contributed by atoms with E-state index in [4.69, 9.17) is 26.1 Å². The third kappa shape index (κ3) is 6.14. The molecular weight excluding hydrogens is 548 g/mol. The van der Waals surface area contributed by atoms with Crippen molar-refractivity contribution in [3.8, 4) is 5.75 Å². The maximum Gasteiger partial charge on any atom is 0.191 e. The van der Waals surface area contributed by atoms with Crippen LogP contribution in [-0.2, 0) is 17.8 Å². The van der Waals surface area contributed by atoms with Gasteiger partial charge in [0.15, 0.2) is 12.8 Å². The highest BCUT2D eigenvalue weighted by Crippen LogP contribution is 2.30. The molecule has 2 aliphatic rings. The number of ether oxygens (including phenoxy) is 2. The summed E-state index contributed by atoms with van der Waals surface area (Å²) in [5, 5.41) is 7.45. The molecule has 2 N–H and O–H groups in total. The molecule has 4 rings (SSSR count). The minimum Gasteiger partial charge on any atom is -0.467 e. The summed E-state index contributed by atoms with van der Waals surface area (Å²) < 4.78 is 24.8. The number of hydrogen-bond acceptors (Lipinski definition) is 5. The maximum atomic E-state index is 13.9. The topological polar surface area (TPSA) is 71.0 Å². The molecule has 32 heavy (non-hydrogen) atoms. The Bertz CT molecular complexity index is 949. The third-order valence-corrected chi connectivity index (χ3v) is 5.61. The van der Waals surface area contributed by atoms with Crippen molar-refractivity contribution in [3.05, 3.63) is 52.4 Å². The lowest BCUT2D eigenvalue weighted by Crippen LogP contribution is -2.44. The number of guanidine groups is 1. The molecule has 7 nitrogen and oxygen atoms in total. The van der Waals surface area contributed by atoms with Crippen LogP contribution in [0.5, 0.6) is 5.75 Å². The molecule has 1 aromatic carbocycles. The van der Waals surface area contributed by atoms with Gasteiger partial charge >= 0.3 is 0 Å². The zero-order valence-electron chi connectivity index (χ0n) is 17.9. The number of aromatic nitrogens is 1. The van der Waals surface area contributed by atoms with Crippen LogP contribution in [0, 0.1) is 5.82 Å². The summed E-state index contributed by atoms with van der Waals surface area (Å²) in [7, 11) is 0. The van der Waals surface area contributed by atoms with Gasteiger partial charge in [-0.05, 0) is 49.6 Å². The number of halogens is 3. The Morgan fingerprint density at radius 1 is 1.41 bits per heavy atom. The van der Waals surface area contributed by atoms with Crippen molar-refractivity contribution in [1.29, 1.82) is 0 Å². The molecule has 10 heteroatoms. The Balaban J connectivity index is 0.00000289. The summed E-state index contributed by atoms with van der Waals surface area (Å²) in [5.74, 6) is 2.00. The number of nitrogens with zero attached hydrogens (tertiary/aromatic N) is 3. The molecule has 1 aromatic heterocycles. The van der Waals surface area contributed by atoms with Crippen molar-refractivity contribution in [2.24, 2.45) is 4.99 Å². The average molecular weight is 576 g/mol. The fourth-order valence-corrected chi connectivity index (χ4v) is 4.17. The standard InChI is InChI=1S/C22H27ClFN5O2.HI/c1-2-25-22(28-18-6-9-29(12-18)21-19(23)4-3-7-26-21)27-8-5-15-10-17(24)11-16-13-30-14-31-20(15)16;/h3-4,7,10-11,18H,2,5-6,8-9,12-14H2,1H3,(H2,25,27,28);1H. The largest absolute Gasteiger partial charge is 0.467 e. The molecule has 2 aliphatic heterocycles. The summed E-state index contributed by atoms with van der Waals surface area (Å²) in [6.07, 6.45) is 3.30. The number of anilines is 1. The average Bonchev–Trinajstić information content (AvgIpc) is 3.22. The molecule has 0 aliphatic carbocycles. The Labute approximate surface area is 209 Å². The Kier molecular flexibility index (Phi) is 9.18. The molecule has 174 valence electrons. The minimum atomic E-state index is -0.281. The van der Waals surface area contributed by atoms with E-state index in [1.807, 2.05) is 19.1 Å². The van der Waals surface area contributed by atoms with Gasteiger partial charge in [0.25, 0.3) is 0 Å². The first-order valence-corrected chi connectivity index (χ1v) is 10.9. The molecule has 0 radical (unpaired) electrons. The molecule has 1 unspecified atom stereocenters. The first-order chi connectivity index (χ1) is 15.1. The first kappa shape index (κ1) is 24.8. The van der Waals surface area contributed by atoms with Crippen molar-refractivity contribution in [2.75, 3.05) is 37.9 Å². The second-order valence-electron chi connectivity index (χ2n) is 7.56. The molecular formula is C22H28ClFIN5O2. The molecule has 2 aromatic rings. The van der Waals surface area contributed by atoms with Crippen LogP contribution in [0.4, 0.5) is 10.2 Å². The van der Waals surface area contributed by atoms with E-state index >= 15 is 0 Å². The van der Waals surface area contributed by atoms with E-state index in [0.29, 0.717) is 24.6 Å². The summed E-state index contributed by atoms with van der Waals surface area (Å²) in [6.45, 7) is 5.53. The number of fused-ring (bicyclic) bond motifs is 1. The monoisotopic (exact) mass is 575 g/mol. The van der Waals surface area contributed by atoms with E-state index in [9.17, 15) is 4.39 Å². The van der Waals surface area contributed by atoms with Crippen LogP contribution >= 0.6 is 35.6 Å². The van der Waals surface area contributed by atoms with Crippen LogP contribution in [0.3, 0.4) is 0 Å². The summed E-state index contributed by atoms with van der Waals surface area (Å²) in [4.78, 5) is 11.3. The van der Waals surface area contributed by atoms with Crippen LogP contribution in [0.2, 0.25) is 5.02 Å². The lowest BCUT2D eigenvalue weighted by Gasteiger charge is -2.21. The third-order valence-electron chi connectivity index (χ3n) is 5.31. The van der Waals surface area contributed by atoms with E-state index < -0.39 is 0 Å². The predicted molar refractivity (Wildman–Crippen MR) is 135 cm³/mol. The molecule has 0 saturated carbocycles. The van der Waals surface area contributed by atoms with Crippen LogP contribution in [0.25, 0.3) is 0 Å². The van der Waals surface area contributed by atoms with E-state index in [0.717, 1.165) is 54.7 Å². The quantitative estimate of drug-likeness (QED) is 0.311. The molecule has 0 bridgehead atoms. The number of hydrogen-bond donors (Lipinski definition) is 2. The smallest absolute Gasteiger partial charge is 0.191 e. The van der Waals surface area contributed by atoms with Crippen LogP contribution in [0.1, 0.15) is 24.5 Å². The van der Waals surface area contributed by atoms with Crippen molar-refractivity contribution in [1.82, 2.24) is 15.6 Å². The van der Waals surface area contributed by atoms with Crippen molar-refractivity contribution < 1.29 is 13.9 Å². The van der Waals surface area contributed by atoms with Crippen molar-refractivity contribution in [3.63, 3.8) is 0 Å². The van der Waals surface area contributed by atoms with Gasteiger partial charge in [0.1, 0.15) is 17.4 Å². The van der Waals surface area contributed by atoms with Gasteiger partial charge < -0.3 is 25.0 Å². The number of benzene rings is 1. The normalized spacial score (nSPS) is 17.9. The Hall–Kier alpha value is -1.85. The van der Waals surface area contributed by atoms with Gasteiger partial charge in [-0.2, -0.15) is 0 Å². The highest BCUT2D eigenvalue weighted by atomic mass is 127. The van der Waals surface area contributed by atoms with Gasteiger partial charge in [-0.3, -0.25) is 4.99 Å². The van der Waals surface area contributed by atoms with E-state index in [2.05, 4.69) is 20.5 Å². The minimum absolute atomic E-state index is 0. The Morgan fingerprint density at radius 2 is 2.28 bits per heavy atom. The molecule has 0 spiro atoms. The van der Waals surface area contributed by atoms with Crippen molar-refractivity contribution in [2.45, 2.75) is 32.4 Å². The van der Waals surface area contributed by atoms with E-state index in [1.54, 1.807) is 6.20 Å². The van der Waals surface area contributed by atoms with Crippen molar-refractivity contribution >= 4 is 47.4 Å². The zero-order chi connectivity index (χ0) is 21.6. The molecule has 1 atom stereocenters. The lowest BCUT2D eigenvalue weighted by atomic mass is 10.1. The van der Waals surface area contributed by atoms with Crippen LogP contribution in [0.15, 0.2) is 35.5 Å². The van der Waals surface area contributed by atoms with Crippen LogP contribution < -0.4 is 20.3 Å². The highest BCUT2D eigenvalue weighted by Gasteiger charge is 2.25. The molecule has 1 fully saturated rings. The summed E-state index contributed by atoms with van der Waals surface area (Å²) in [5.41, 5.74) is 1.56. The molecule has 1 saturated heterocycles. The van der Waals surface area contributed by atoms with E-state index in [-0.39, 0.29) is 42.6 Å². The molecule has 3 heterocycles. The summed E-state index contributed by atoms with van der Waals surface area (Å²) in [6, 6.07) is 6.91. The lowest BCUT2D eigenvalue weighted by molar-refractivity contribution is -0.0172. The summed E-state index contributed by atoms with van der Waals surface area (Å²) >= 11 is 6.29. The highest BCUT2D eigenvalue weighted by molar-refractivity contribution is 14.0. The number of aliphatic imine (C=N–C) groups is 1. The molecule has 0 amide bonds. The SMILES string of the molecule is CCNC(=NCCc1cc(F)cc2c1OCOC2)NC1CCN(c2ncccc2Cl)C1.I. The van der Waals surface area contributed by atoms with E-state index in [1.165, 1.54) is 12.1 Å². The second kappa shape index (κ2) is 11.9. The van der Waals surface area contributed by atoms with Gasteiger partial charge in [0.2, 0.25) is 0 Å². The fourth-order valence-electron chi connectivity index (χ4n) is 3.92. The first-order valence-electron chi connectivity index (χ1n) is 10.6. The number of pyridine rings is 1. The van der Waals surface area contributed by atoms with Gasteiger partial charge in [0, 0.05) is 44.0 Å². The predicted octanol–water partition coefficient (Wildman–Crippen LogP) is 3.74. The van der Waals surface area contributed by atoms with Gasteiger partial charge in [0.05, 0.1) is 11.6 Å². The fraction of sp³-hybridized carbons (Fsp3) is 0.455. The number of rotatable bonds is 6. The van der Waals surface area contributed by atoms with Crippen LogP contribution in [-0.4, -0.2) is 50.0 Å². The van der Waals surface area contributed by atoms with Gasteiger partial charge in [-0.15, -0.1) is 24.0 Å². The van der Waals surface area contributed by atoms with Gasteiger partial charge in [-0.1, -0.05) is 11.6 Å². The second-order valence-corrected chi connectivity index (χ2v) is 7.97. The maximum absolute atomic E-state index is 13.9. The zero-order valence-corrected chi connectivity index (χ0v) is 21.0. The number of nitrogens with one attached hydrogen (secondary N) is 2. The Morgan fingerprint density at radius 3 is 3.09 bits per heavy atom. The van der Waals surface area contributed by atoms with Gasteiger partial charge in [-0.25, -0.2) is 9.37 Å².